The van der Waals surface area contributed by atoms with Crippen molar-refractivity contribution in [2.24, 2.45) is 0 Å². The summed E-state index contributed by atoms with van der Waals surface area (Å²) < 4.78 is 18.2. The average molecular weight is 339 g/mol. The van der Waals surface area contributed by atoms with Crippen molar-refractivity contribution < 1.29 is 18.8 Å². The van der Waals surface area contributed by atoms with E-state index in [9.17, 15) is 19.3 Å². The topological polar surface area (TPSA) is 81.5 Å². The van der Waals surface area contributed by atoms with E-state index in [1.54, 1.807) is 13.0 Å². The molecule has 0 aliphatic carbocycles. The van der Waals surface area contributed by atoms with Crippen molar-refractivity contribution in [3.63, 3.8) is 0 Å². The number of carbonyl (C=O) groups is 1. The third kappa shape index (κ3) is 4.17. The van der Waals surface area contributed by atoms with Crippen molar-refractivity contribution in [1.82, 2.24) is 0 Å². The molecule has 6 nitrogen and oxygen atoms in total. The SMILES string of the molecule is Cc1cccc([N+](=O)[O-])c1NC(=O)COc1ccc(F)c(Cl)c1. The van der Waals surface area contributed by atoms with Crippen LogP contribution in [0.5, 0.6) is 5.75 Å². The molecule has 0 saturated heterocycles. The number of nitrogens with one attached hydrogen (secondary N) is 1. The molecule has 0 radical (unpaired) electrons. The first-order valence-corrected chi connectivity index (χ1v) is 6.88. The van der Waals surface area contributed by atoms with Crippen LogP contribution in [0.2, 0.25) is 5.02 Å². The molecule has 1 amide bonds. The van der Waals surface area contributed by atoms with E-state index < -0.39 is 23.3 Å². The Morgan fingerprint density at radius 2 is 2.13 bits per heavy atom. The maximum absolute atomic E-state index is 13.0. The predicted octanol–water partition coefficient (Wildman–Crippen LogP) is 3.71. The highest BCUT2D eigenvalue weighted by Gasteiger charge is 2.18. The van der Waals surface area contributed by atoms with Crippen molar-refractivity contribution in [2.75, 3.05) is 11.9 Å². The standard InChI is InChI=1S/C15H12ClFN2O4/c1-9-3-2-4-13(19(21)22)15(9)18-14(20)8-23-10-5-6-12(17)11(16)7-10/h2-7H,8H2,1H3,(H,18,20). The van der Waals surface area contributed by atoms with E-state index in [2.05, 4.69) is 5.32 Å². The lowest BCUT2D eigenvalue weighted by atomic mass is 10.1. The summed E-state index contributed by atoms with van der Waals surface area (Å²) in [5.41, 5.74) is 0.462. The van der Waals surface area contributed by atoms with Gasteiger partial charge in [-0.1, -0.05) is 23.7 Å². The van der Waals surface area contributed by atoms with Crippen LogP contribution in [0.1, 0.15) is 5.56 Å². The zero-order valence-corrected chi connectivity index (χ0v) is 12.8. The molecule has 2 rings (SSSR count). The first-order valence-electron chi connectivity index (χ1n) is 6.50. The molecule has 0 aliphatic heterocycles. The Balaban J connectivity index is 2.05. The lowest BCUT2D eigenvalue weighted by Crippen LogP contribution is -2.21. The number of nitrogens with zero attached hydrogens (tertiary/aromatic N) is 1. The fraction of sp³-hybridized carbons (Fsp3) is 0.133. The zero-order valence-electron chi connectivity index (χ0n) is 12.0. The number of carbonyl (C=O) groups excluding carboxylic acids is 1. The largest absolute Gasteiger partial charge is 0.484 e. The van der Waals surface area contributed by atoms with E-state index in [0.717, 1.165) is 6.07 Å². The molecule has 0 fully saturated rings. The zero-order chi connectivity index (χ0) is 17.0. The molecule has 2 aromatic carbocycles. The molecule has 0 saturated carbocycles. The van der Waals surface area contributed by atoms with Crippen molar-refractivity contribution in [2.45, 2.75) is 6.92 Å². The minimum Gasteiger partial charge on any atom is -0.484 e. The quantitative estimate of drug-likeness (QED) is 0.665. The molecule has 0 unspecified atom stereocenters. The van der Waals surface area contributed by atoms with Gasteiger partial charge in [-0.2, -0.15) is 0 Å². The molecule has 0 spiro atoms. The second-order valence-electron chi connectivity index (χ2n) is 4.64. The summed E-state index contributed by atoms with van der Waals surface area (Å²) in [6.45, 7) is 1.25. The van der Waals surface area contributed by atoms with Gasteiger partial charge in [0, 0.05) is 12.1 Å². The van der Waals surface area contributed by atoms with Crippen LogP contribution < -0.4 is 10.1 Å². The first-order chi connectivity index (χ1) is 10.9. The maximum atomic E-state index is 13.0. The predicted molar refractivity (Wildman–Crippen MR) is 83.4 cm³/mol. The number of nitro benzene ring substituents is 1. The highest BCUT2D eigenvalue weighted by Crippen LogP contribution is 2.27. The molecule has 2 aromatic rings. The lowest BCUT2D eigenvalue weighted by molar-refractivity contribution is -0.384. The summed E-state index contributed by atoms with van der Waals surface area (Å²) in [7, 11) is 0. The molecule has 0 atom stereocenters. The number of aryl methyl sites for hydroxylation is 1. The molecule has 0 aromatic heterocycles. The number of nitro groups is 1. The molecule has 120 valence electrons. The van der Waals surface area contributed by atoms with Crippen LogP contribution >= 0.6 is 11.6 Å². The summed E-state index contributed by atoms with van der Waals surface area (Å²) in [4.78, 5) is 22.3. The molecule has 23 heavy (non-hydrogen) atoms. The Bertz CT molecular complexity index is 767. The van der Waals surface area contributed by atoms with Gasteiger partial charge in [0.1, 0.15) is 17.3 Å². The number of para-hydroxylation sites is 1. The van der Waals surface area contributed by atoms with Gasteiger partial charge in [-0.25, -0.2) is 4.39 Å². The van der Waals surface area contributed by atoms with E-state index >= 15 is 0 Å². The van der Waals surface area contributed by atoms with Crippen molar-refractivity contribution >= 4 is 28.9 Å². The van der Waals surface area contributed by atoms with Crippen molar-refractivity contribution in [3.8, 4) is 5.75 Å². The number of hydrogen-bond acceptors (Lipinski definition) is 4. The Morgan fingerprint density at radius 1 is 1.39 bits per heavy atom. The van der Waals surface area contributed by atoms with E-state index in [4.69, 9.17) is 16.3 Å². The number of ether oxygens (including phenoxy) is 1. The lowest BCUT2D eigenvalue weighted by Gasteiger charge is -2.10. The average Bonchev–Trinajstić information content (AvgIpc) is 2.50. The number of halogens is 2. The third-order valence-corrected chi connectivity index (χ3v) is 3.26. The number of anilines is 1. The highest BCUT2D eigenvalue weighted by molar-refractivity contribution is 6.30. The minimum atomic E-state index is -0.598. The van der Waals surface area contributed by atoms with Crippen LogP contribution in [-0.2, 0) is 4.79 Å². The fourth-order valence-electron chi connectivity index (χ4n) is 1.86. The second-order valence-corrected chi connectivity index (χ2v) is 5.05. The molecule has 8 heteroatoms. The minimum absolute atomic E-state index is 0.114. The molecular weight excluding hydrogens is 327 g/mol. The van der Waals surface area contributed by atoms with E-state index in [1.807, 2.05) is 0 Å². The molecule has 0 bridgehead atoms. The van der Waals surface area contributed by atoms with Gasteiger partial charge in [-0.15, -0.1) is 0 Å². The Kier molecular flexibility index (Phi) is 5.13. The van der Waals surface area contributed by atoms with Crippen LogP contribution in [0.25, 0.3) is 0 Å². The molecule has 1 N–H and O–H groups in total. The Labute approximate surface area is 136 Å². The smallest absolute Gasteiger partial charge is 0.293 e. The van der Waals surface area contributed by atoms with Crippen molar-refractivity contribution in [1.29, 1.82) is 0 Å². The van der Waals surface area contributed by atoms with Crippen molar-refractivity contribution in [3.05, 3.63) is 62.9 Å². The van der Waals surface area contributed by atoms with Crippen LogP contribution in [-0.4, -0.2) is 17.4 Å². The molecule has 0 heterocycles. The first kappa shape index (κ1) is 16.7. The molecule has 0 aliphatic rings. The van der Waals surface area contributed by atoms with Gasteiger partial charge in [0.15, 0.2) is 6.61 Å². The van der Waals surface area contributed by atoms with Gasteiger partial charge in [-0.05, 0) is 24.6 Å². The second kappa shape index (κ2) is 7.06. The summed E-state index contributed by atoms with van der Waals surface area (Å²) in [6.07, 6.45) is 0. The summed E-state index contributed by atoms with van der Waals surface area (Å²) in [5.74, 6) is -0.965. The van der Waals surface area contributed by atoms with E-state index in [-0.39, 0.29) is 22.1 Å². The van der Waals surface area contributed by atoms with Crippen LogP contribution in [0.3, 0.4) is 0 Å². The Hall–Kier alpha value is -2.67. The normalized spacial score (nSPS) is 10.2. The summed E-state index contributed by atoms with van der Waals surface area (Å²) >= 11 is 5.60. The highest BCUT2D eigenvalue weighted by atomic mass is 35.5. The number of amides is 1. The Morgan fingerprint density at radius 3 is 2.78 bits per heavy atom. The van der Waals surface area contributed by atoms with Gasteiger partial charge in [-0.3, -0.25) is 14.9 Å². The van der Waals surface area contributed by atoms with Gasteiger partial charge < -0.3 is 10.1 Å². The van der Waals surface area contributed by atoms with Crippen LogP contribution in [0, 0.1) is 22.9 Å². The summed E-state index contributed by atoms with van der Waals surface area (Å²) in [5, 5.41) is 13.3. The maximum Gasteiger partial charge on any atom is 0.293 e. The van der Waals surface area contributed by atoms with Gasteiger partial charge >= 0.3 is 0 Å². The number of rotatable bonds is 5. The fourth-order valence-corrected chi connectivity index (χ4v) is 2.03. The molecular formula is C15H12ClFN2O4. The third-order valence-electron chi connectivity index (χ3n) is 2.97. The number of hydrogen-bond donors (Lipinski definition) is 1. The van der Waals surface area contributed by atoms with Crippen LogP contribution in [0.15, 0.2) is 36.4 Å². The van der Waals surface area contributed by atoms with Gasteiger partial charge in [0.05, 0.1) is 9.95 Å². The monoisotopic (exact) mass is 338 g/mol. The number of benzene rings is 2. The summed E-state index contributed by atoms with van der Waals surface area (Å²) in [6, 6.07) is 8.14. The van der Waals surface area contributed by atoms with Gasteiger partial charge in [0.2, 0.25) is 0 Å². The van der Waals surface area contributed by atoms with Gasteiger partial charge in [0.25, 0.3) is 11.6 Å². The van der Waals surface area contributed by atoms with Crippen LogP contribution in [0.4, 0.5) is 15.8 Å². The van der Waals surface area contributed by atoms with E-state index in [1.165, 1.54) is 24.3 Å². The van der Waals surface area contributed by atoms with E-state index in [0.29, 0.717) is 5.56 Å².